The van der Waals surface area contributed by atoms with E-state index in [1.165, 1.54) is 6.38 Å². The first-order valence-electron chi connectivity index (χ1n) is 2.86. The molecule has 1 heterocycles. The SMILES string of the molecule is C=C[n+]1ccn(C)c1.CCl. The van der Waals surface area contributed by atoms with Crippen molar-refractivity contribution in [2.24, 2.45) is 7.05 Å². The standard InChI is InChI=1S/C6H9N2.CH3Cl/c1-3-8-5-4-7(2)6-8;1-2/h3-6H,1H2,2H3;1H3/q+1;. The van der Waals surface area contributed by atoms with Crippen LogP contribution in [0.15, 0.2) is 25.3 Å². The average Bonchev–Trinajstić information content (AvgIpc) is 2.40. The molecule has 0 aliphatic carbocycles. The third-order valence-electron chi connectivity index (χ3n) is 1.00. The summed E-state index contributed by atoms with van der Waals surface area (Å²) in [5.41, 5.74) is 0. The quantitative estimate of drug-likeness (QED) is 0.431. The summed E-state index contributed by atoms with van der Waals surface area (Å²) < 4.78 is 3.85. The van der Waals surface area contributed by atoms with Crippen LogP contribution in [-0.2, 0) is 7.05 Å². The van der Waals surface area contributed by atoms with E-state index >= 15 is 0 Å². The van der Waals surface area contributed by atoms with Crippen LogP contribution in [0, 0.1) is 0 Å². The third kappa shape index (κ3) is 2.69. The summed E-state index contributed by atoms with van der Waals surface area (Å²) in [7, 11) is 1.97. The van der Waals surface area contributed by atoms with Gasteiger partial charge in [0.25, 0.3) is 0 Å². The Kier molecular flexibility index (Phi) is 4.67. The van der Waals surface area contributed by atoms with Gasteiger partial charge in [-0.2, -0.15) is 0 Å². The molecule has 1 aromatic heterocycles. The van der Waals surface area contributed by atoms with E-state index in [-0.39, 0.29) is 0 Å². The van der Waals surface area contributed by atoms with Crippen molar-refractivity contribution in [3.63, 3.8) is 0 Å². The predicted octanol–water partition coefficient (Wildman–Crippen LogP) is 1.27. The molecule has 1 aromatic rings. The number of aromatic nitrogens is 2. The van der Waals surface area contributed by atoms with E-state index in [0.29, 0.717) is 0 Å². The van der Waals surface area contributed by atoms with Crippen LogP contribution in [0.25, 0.3) is 6.20 Å². The predicted molar refractivity (Wildman–Crippen MR) is 43.8 cm³/mol. The van der Waals surface area contributed by atoms with Crippen molar-refractivity contribution in [2.45, 2.75) is 0 Å². The van der Waals surface area contributed by atoms with Crippen LogP contribution >= 0.6 is 11.6 Å². The van der Waals surface area contributed by atoms with Crippen molar-refractivity contribution in [3.05, 3.63) is 25.3 Å². The van der Waals surface area contributed by atoms with E-state index < -0.39 is 0 Å². The lowest BCUT2D eigenvalue weighted by molar-refractivity contribution is -0.567. The van der Waals surface area contributed by atoms with E-state index in [1.54, 1.807) is 6.20 Å². The van der Waals surface area contributed by atoms with Gasteiger partial charge in [-0.3, -0.25) is 0 Å². The Morgan fingerprint density at radius 1 is 1.60 bits per heavy atom. The molecule has 0 unspecified atom stereocenters. The molecule has 0 amide bonds. The molecular weight excluding hydrogens is 148 g/mol. The van der Waals surface area contributed by atoms with Crippen LogP contribution in [0.2, 0.25) is 0 Å². The maximum Gasteiger partial charge on any atom is 0.248 e. The zero-order valence-electron chi connectivity index (χ0n) is 6.29. The van der Waals surface area contributed by atoms with Gasteiger partial charge in [0.2, 0.25) is 6.33 Å². The molecule has 0 radical (unpaired) electrons. The fourth-order valence-corrected chi connectivity index (χ4v) is 0.577. The molecule has 0 aliphatic heterocycles. The number of aryl methyl sites for hydroxylation is 1. The Morgan fingerprint density at radius 3 is 2.40 bits per heavy atom. The number of nitrogens with zero attached hydrogens (tertiary/aromatic N) is 2. The Morgan fingerprint density at radius 2 is 2.20 bits per heavy atom. The Bertz CT molecular complexity index is 193. The second-order valence-corrected chi connectivity index (χ2v) is 1.71. The highest BCUT2D eigenvalue weighted by molar-refractivity contribution is 6.15. The van der Waals surface area contributed by atoms with Crippen molar-refractivity contribution in [2.75, 3.05) is 6.38 Å². The van der Waals surface area contributed by atoms with E-state index in [0.717, 1.165) is 0 Å². The number of hydrogen-bond donors (Lipinski definition) is 0. The molecule has 0 atom stereocenters. The van der Waals surface area contributed by atoms with Crippen LogP contribution in [0.5, 0.6) is 0 Å². The largest absolute Gasteiger partial charge is 0.248 e. The summed E-state index contributed by atoms with van der Waals surface area (Å²) in [6.07, 6.45) is 9.06. The molecule has 0 bridgehead atoms. The van der Waals surface area contributed by atoms with Crippen LogP contribution in [0.4, 0.5) is 0 Å². The topological polar surface area (TPSA) is 8.81 Å². The highest BCUT2D eigenvalue weighted by atomic mass is 35.5. The normalized spacial score (nSPS) is 7.90. The first-order valence-corrected chi connectivity index (χ1v) is 3.61. The Labute approximate surface area is 66.4 Å². The van der Waals surface area contributed by atoms with Crippen molar-refractivity contribution in [1.29, 1.82) is 0 Å². The molecule has 0 saturated carbocycles. The highest BCUT2D eigenvalue weighted by Gasteiger charge is 1.90. The van der Waals surface area contributed by atoms with Crippen molar-refractivity contribution >= 4 is 17.8 Å². The molecule has 3 heteroatoms. The van der Waals surface area contributed by atoms with Gasteiger partial charge in [-0.1, -0.05) is 6.58 Å². The lowest BCUT2D eigenvalue weighted by Gasteiger charge is -1.74. The average molecular weight is 160 g/mol. The number of halogens is 1. The maximum atomic E-state index is 4.64. The summed E-state index contributed by atoms with van der Waals surface area (Å²) in [6, 6.07) is 0. The lowest BCUT2D eigenvalue weighted by atomic mass is 10.8. The van der Waals surface area contributed by atoms with Gasteiger partial charge in [-0.05, 0) is 0 Å². The van der Waals surface area contributed by atoms with Crippen LogP contribution in [0.3, 0.4) is 0 Å². The van der Waals surface area contributed by atoms with E-state index in [9.17, 15) is 0 Å². The minimum atomic E-state index is 1.47. The Hall–Kier alpha value is -0.760. The summed E-state index contributed by atoms with van der Waals surface area (Å²) >= 11 is 4.64. The third-order valence-corrected chi connectivity index (χ3v) is 1.00. The minimum Gasteiger partial charge on any atom is -0.239 e. The molecule has 1 rings (SSSR count). The minimum absolute atomic E-state index is 1.47. The van der Waals surface area contributed by atoms with Gasteiger partial charge >= 0.3 is 0 Å². The molecule has 0 aromatic carbocycles. The van der Waals surface area contributed by atoms with E-state index in [2.05, 4.69) is 18.2 Å². The second-order valence-electron chi connectivity index (χ2n) is 1.71. The number of imidazole rings is 1. The summed E-state index contributed by atoms with van der Waals surface area (Å²) in [6.45, 7) is 3.59. The van der Waals surface area contributed by atoms with E-state index in [1.807, 2.05) is 34.9 Å². The van der Waals surface area contributed by atoms with Gasteiger partial charge in [0, 0.05) is 6.38 Å². The molecule has 10 heavy (non-hydrogen) atoms. The molecule has 0 spiro atoms. The number of rotatable bonds is 1. The molecular formula is C7H12ClN2+. The molecule has 0 fully saturated rings. The zero-order valence-corrected chi connectivity index (χ0v) is 7.04. The molecule has 0 saturated heterocycles. The molecule has 2 nitrogen and oxygen atoms in total. The van der Waals surface area contributed by atoms with Gasteiger partial charge in [0.1, 0.15) is 12.4 Å². The van der Waals surface area contributed by atoms with Crippen molar-refractivity contribution in [1.82, 2.24) is 4.57 Å². The second kappa shape index (κ2) is 5.06. The molecule has 0 N–H and O–H groups in total. The lowest BCUT2D eigenvalue weighted by Crippen LogP contribution is -2.20. The Balaban J connectivity index is 0.000000371. The van der Waals surface area contributed by atoms with Gasteiger partial charge in [0.15, 0.2) is 0 Å². The summed E-state index contributed by atoms with van der Waals surface area (Å²) in [5, 5.41) is 0. The van der Waals surface area contributed by atoms with Crippen LogP contribution < -0.4 is 4.57 Å². The van der Waals surface area contributed by atoms with Gasteiger partial charge in [0.05, 0.1) is 13.2 Å². The summed E-state index contributed by atoms with van der Waals surface area (Å²) in [4.78, 5) is 0. The van der Waals surface area contributed by atoms with Gasteiger partial charge < -0.3 is 0 Å². The van der Waals surface area contributed by atoms with Crippen LogP contribution in [-0.4, -0.2) is 11.0 Å². The number of alkyl halides is 1. The summed E-state index contributed by atoms with van der Waals surface area (Å²) in [5.74, 6) is 0. The molecule has 56 valence electrons. The fourth-order valence-electron chi connectivity index (χ4n) is 0.577. The van der Waals surface area contributed by atoms with Gasteiger partial charge in [-0.15, -0.1) is 11.6 Å². The fraction of sp³-hybridized carbons (Fsp3) is 0.286. The highest BCUT2D eigenvalue weighted by Crippen LogP contribution is 1.74. The van der Waals surface area contributed by atoms with E-state index in [4.69, 9.17) is 0 Å². The van der Waals surface area contributed by atoms with Crippen LogP contribution in [0.1, 0.15) is 0 Å². The first kappa shape index (κ1) is 9.24. The maximum absolute atomic E-state index is 4.64. The van der Waals surface area contributed by atoms with Gasteiger partial charge in [-0.25, -0.2) is 9.13 Å². The van der Waals surface area contributed by atoms with Crippen molar-refractivity contribution in [3.8, 4) is 0 Å². The smallest absolute Gasteiger partial charge is 0.239 e. The van der Waals surface area contributed by atoms with Crippen molar-refractivity contribution < 1.29 is 4.57 Å². The number of hydrogen-bond acceptors (Lipinski definition) is 0. The zero-order chi connectivity index (χ0) is 7.98. The first-order chi connectivity index (χ1) is 4.83. The monoisotopic (exact) mass is 159 g/mol. The molecule has 0 aliphatic rings.